The van der Waals surface area contributed by atoms with E-state index in [1.54, 1.807) is 0 Å². The maximum Gasteiger partial charge on any atom is 0.325 e. The van der Waals surface area contributed by atoms with Gasteiger partial charge in [-0.1, -0.05) is 0 Å². The van der Waals surface area contributed by atoms with Gasteiger partial charge in [0.05, 0.1) is 7.11 Å². The van der Waals surface area contributed by atoms with Gasteiger partial charge in [-0.05, 0) is 0 Å². The molecule has 0 fully saturated rings. The van der Waals surface area contributed by atoms with Gasteiger partial charge in [0.15, 0.2) is 0 Å². The van der Waals surface area contributed by atoms with Gasteiger partial charge >= 0.3 is 5.97 Å². The number of aromatic amines is 1. The quantitative estimate of drug-likeness (QED) is 0.637. The van der Waals surface area contributed by atoms with Gasteiger partial charge in [0.2, 0.25) is 5.91 Å². The minimum absolute atomic E-state index is 0.221. The topological polar surface area (TPSA) is 101 Å². The molecule has 0 aliphatic rings. The van der Waals surface area contributed by atoms with Crippen LogP contribution < -0.4 is 11.1 Å². The van der Waals surface area contributed by atoms with Crippen LogP contribution in [0.5, 0.6) is 0 Å². The summed E-state index contributed by atoms with van der Waals surface area (Å²) in [5.74, 6) is -1.07. The van der Waals surface area contributed by atoms with Gasteiger partial charge in [0, 0.05) is 19.2 Å². The summed E-state index contributed by atoms with van der Waals surface area (Å²) in [6, 6.07) is 2.13. The summed E-state index contributed by atoms with van der Waals surface area (Å²) in [6.45, 7) is -0.566. The number of likely N-dealkylation sites (N-methyl/N-ethyl adjacent to an activating group) is 1. The average Bonchev–Trinajstić information content (AvgIpc) is 2.33. The van der Waals surface area contributed by atoms with Crippen molar-refractivity contribution in [2.24, 2.45) is 0 Å². The summed E-state index contributed by atoms with van der Waals surface area (Å²) in [5.41, 5.74) is -0.993. The Balaban J connectivity index is 2.75. The molecule has 8 heteroatoms. The molecule has 98 valence electrons. The lowest BCUT2D eigenvalue weighted by Gasteiger charge is -2.15. The highest BCUT2D eigenvalue weighted by Gasteiger charge is 2.14. The average molecular weight is 255 g/mol. The summed E-state index contributed by atoms with van der Waals surface area (Å²) in [7, 11) is 2.60. The van der Waals surface area contributed by atoms with E-state index in [4.69, 9.17) is 0 Å². The highest BCUT2D eigenvalue weighted by atomic mass is 16.5. The Kier molecular flexibility index (Phi) is 4.41. The number of ether oxygens (including phenoxy) is 1. The van der Waals surface area contributed by atoms with Crippen LogP contribution in [0.1, 0.15) is 0 Å². The number of carbonyl (C=O) groups is 2. The van der Waals surface area contributed by atoms with Crippen LogP contribution in [0.15, 0.2) is 21.7 Å². The molecule has 0 atom stereocenters. The van der Waals surface area contributed by atoms with Crippen molar-refractivity contribution >= 4 is 11.9 Å². The fraction of sp³-hybridized carbons (Fsp3) is 0.400. The Labute approximate surface area is 102 Å². The van der Waals surface area contributed by atoms with Crippen molar-refractivity contribution in [3.8, 4) is 0 Å². The molecule has 1 rings (SSSR count). The Hall–Kier alpha value is -2.38. The summed E-state index contributed by atoms with van der Waals surface area (Å²) in [6.07, 6.45) is 0. The largest absolute Gasteiger partial charge is 0.468 e. The molecule has 0 aromatic carbocycles. The predicted molar refractivity (Wildman–Crippen MR) is 61.0 cm³/mol. The highest BCUT2D eigenvalue weighted by Crippen LogP contribution is 1.88. The van der Waals surface area contributed by atoms with E-state index in [9.17, 15) is 19.2 Å². The van der Waals surface area contributed by atoms with Gasteiger partial charge < -0.3 is 9.64 Å². The lowest BCUT2D eigenvalue weighted by molar-refractivity contribution is -0.146. The van der Waals surface area contributed by atoms with Crippen LogP contribution in [-0.4, -0.2) is 47.3 Å². The van der Waals surface area contributed by atoms with Crippen LogP contribution in [0.25, 0.3) is 0 Å². The number of hydrogen-bond acceptors (Lipinski definition) is 5. The zero-order valence-corrected chi connectivity index (χ0v) is 10.0. The molecule has 0 saturated carbocycles. The second-order valence-corrected chi connectivity index (χ2v) is 3.56. The molecule has 0 aliphatic heterocycles. The van der Waals surface area contributed by atoms with E-state index in [1.807, 2.05) is 0 Å². The van der Waals surface area contributed by atoms with E-state index < -0.39 is 23.0 Å². The van der Waals surface area contributed by atoms with Gasteiger partial charge in [0.25, 0.3) is 11.1 Å². The fourth-order valence-corrected chi connectivity index (χ4v) is 1.18. The van der Waals surface area contributed by atoms with E-state index in [0.29, 0.717) is 0 Å². The number of amides is 1. The normalized spacial score (nSPS) is 9.89. The van der Waals surface area contributed by atoms with Crippen LogP contribution in [0.3, 0.4) is 0 Å². The molecule has 0 bridgehead atoms. The first kappa shape index (κ1) is 13.7. The Morgan fingerprint density at radius 3 is 2.67 bits per heavy atom. The van der Waals surface area contributed by atoms with Crippen LogP contribution in [0.4, 0.5) is 0 Å². The molecule has 0 saturated heterocycles. The highest BCUT2D eigenvalue weighted by molar-refractivity contribution is 5.81. The summed E-state index contributed by atoms with van der Waals surface area (Å²) in [5, 5.41) is 2.21. The molecule has 0 spiro atoms. The zero-order valence-electron chi connectivity index (χ0n) is 10.0. The minimum atomic E-state index is -0.570. The first-order chi connectivity index (χ1) is 8.43. The Bertz CT molecular complexity index is 559. The van der Waals surface area contributed by atoms with Crippen LogP contribution in [-0.2, 0) is 20.9 Å². The molecule has 1 aromatic heterocycles. The number of H-pyrrole nitrogens is 1. The van der Waals surface area contributed by atoms with E-state index in [1.165, 1.54) is 14.2 Å². The number of rotatable bonds is 4. The molecule has 0 aliphatic carbocycles. The number of nitrogens with one attached hydrogen (secondary N) is 1. The molecule has 1 N–H and O–H groups in total. The minimum Gasteiger partial charge on any atom is -0.468 e. The fourth-order valence-electron chi connectivity index (χ4n) is 1.18. The second kappa shape index (κ2) is 5.80. The van der Waals surface area contributed by atoms with Crippen LogP contribution >= 0.6 is 0 Å². The predicted octanol–water partition coefficient (Wildman–Crippen LogP) is -1.83. The SMILES string of the molecule is COC(=O)CN(C)C(=O)Cn1[nH]c(=O)ccc1=O. The van der Waals surface area contributed by atoms with Crippen LogP contribution in [0.2, 0.25) is 0 Å². The molecule has 1 heterocycles. The summed E-state index contributed by atoms with van der Waals surface area (Å²) >= 11 is 0. The van der Waals surface area contributed by atoms with E-state index in [2.05, 4.69) is 9.84 Å². The maximum atomic E-state index is 11.7. The number of carbonyl (C=O) groups excluding carboxylic acids is 2. The van der Waals surface area contributed by atoms with Crippen molar-refractivity contribution in [3.05, 3.63) is 32.8 Å². The van der Waals surface area contributed by atoms with E-state index in [-0.39, 0.29) is 13.1 Å². The van der Waals surface area contributed by atoms with Crippen molar-refractivity contribution in [1.82, 2.24) is 14.7 Å². The first-order valence-electron chi connectivity index (χ1n) is 5.05. The van der Waals surface area contributed by atoms with E-state index >= 15 is 0 Å². The van der Waals surface area contributed by atoms with Gasteiger partial charge in [-0.25, -0.2) is 4.68 Å². The molecule has 8 nitrogen and oxygen atoms in total. The molecule has 18 heavy (non-hydrogen) atoms. The van der Waals surface area contributed by atoms with Gasteiger partial charge in [-0.2, -0.15) is 0 Å². The van der Waals surface area contributed by atoms with Crippen molar-refractivity contribution in [3.63, 3.8) is 0 Å². The molecular weight excluding hydrogens is 242 g/mol. The third kappa shape index (κ3) is 3.58. The number of hydrogen-bond donors (Lipinski definition) is 1. The molecule has 1 amide bonds. The summed E-state index contributed by atoms with van der Waals surface area (Å²) < 4.78 is 5.28. The number of esters is 1. The Morgan fingerprint density at radius 2 is 2.06 bits per heavy atom. The van der Waals surface area contributed by atoms with Crippen molar-refractivity contribution in [2.75, 3.05) is 20.7 Å². The smallest absolute Gasteiger partial charge is 0.325 e. The number of nitrogens with zero attached hydrogens (tertiary/aromatic N) is 2. The number of methoxy groups -OCH3 is 1. The first-order valence-corrected chi connectivity index (χ1v) is 5.05. The lowest BCUT2D eigenvalue weighted by atomic mass is 10.4. The third-order valence-electron chi connectivity index (χ3n) is 2.20. The van der Waals surface area contributed by atoms with E-state index in [0.717, 1.165) is 21.7 Å². The van der Waals surface area contributed by atoms with Gasteiger partial charge in [0.1, 0.15) is 13.1 Å². The monoisotopic (exact) mass is 255 g/mol. The van der Waals surface area contributed by atoms with Gasteiger partial charge in [-0.3, -0.25) is 24.3 Å². The second-order valence-electron chi connectivity index (χ2n) is 3.56. The third-order valence-corrected chi connectivity index (χ3v) is 2.20. The number of aromatic nitrogens is 2. The van der Waals surface area contributed by atoms with Crippen molar-refractivity contribution < 1.29 is 14.3 Å². The van der Waals surface area contributed by atoms with Crippen molar-refractivity contribution in [2.45, 2.75) is 6.54 Å². The van der Waals surface area contributed by atoms with Gasteiger partial charge in [-0.15, -0.1) is 0 Å². The molecular formula is C10H13N3O5. The summed E-state index contributed by atoms with van der Waals surface area (Å²) in [4.78, 5) is 46.1. The zero-order chi connectivity index (χ0) is 13.7. The molecule has 0 unspecified atom stereocenters. The maximum absolute atomic E-state index is 11.7. The Morgan fingerprint density at radius 1 is 1.39 bits per heavy atom. The lowest BCUT2D eigenvalue weighted by Crippen LogP contribution is -2.39. The van der Waals surface area contributed by atoms with Crippen molar-refractivity contribution in [1.29, 1.82) is 0 Å². The molecule has 1 aromatic rings. The standard InChI is InChI=1S/C10H13N3O5/c1-12(6-10(17)18-2)9(16)5-13-8(15)4-3-7(14)11-13/h3-4H,5-6H2,1-2H3,(H,11,14). The molecule has 0 radical (unpaired) electrons. The van der Waals surface area contributed by atoms with Crippen LogP contribution in [0, 0.1) is 0 Å².